The number of hydrogen-bond acceptors (Lipinski definition) is 4. The molecule has 0 radical (unpaired) electrons. The van der Waals surface area contributed by atoms with Crippen LogP contribution in [0.3, 0.4) is 0 Å². The highest BCUT2D eigenvalue weighted by molar-refractivity contribution is 14.0. The Morgan fingerprint density at radius 2 is 1.76 bits per heavy atom. The van der Waals surface area contributed by atoms with Crippen LogP contribution in [0.4, 0.5) is 0 Å². The zero-order chi connectivity index (χ0) is 18.2. The number of aliphatic imine (C=N–C) groups is 1. The Kier molecular flexibility index (Phi) is 12.2. The lowest BCUT2D eigenvalue weighted by Crippen LogP contribution is -2.54. The molecule has 0 saturated carbocycles. The summed E-state index contributed by atoms with van der Waals surface area (Å²) < 4.78 is 31.6. The fraction of sp³-hybridized carbons (Fsp3) is 0.938. The predicted octanol–water partition coefficient (Wildman–Crippen LogP) is 1.60. The van der Waals surface area contributed by atoms with E-state index in [1.807, 2.05) is 13.8 Å². The zero-order valence-corrected chi connectivity index (χ0v) is 19.3. The average Bonchev–Trinajstić information content (AvgIpc) is 2.51. The third-order valence-corrected chi connectivity index (χ3v) is 5.78. The van der Waals surface area contributed by atoms with Gasteiger partial charge in [0, 0.05) is 39.8 Å². The molecule has 1 N–H and O–H groups in total. The minimum atomic E-state index is -3.24. The molecule has 1 fully saturated rings. The molecule has 0 aromatic carbocycles. The van der Waals surface area contributed by atoms with Gasteiger partial charge < -0.3 is 15.0 Å². The maximum Gasteiger partial charge on any atom is 0.216 e. The van der Waals surface area contributed by atoms with Crippen LogP contribution in [-0.2, 0) is 14.8 Å². The number of nitrogens with one attached hydrogen (secondary N) is 1. The monoisotopic (exact) mass is 490 g/mol. The Morgan fingerprint density at radius 3 is 2.24 bits per heavy atom. The molecule has 0 spiro atoms. The standard InChI is InChI=1S/C16H34N4O3S.HI/c1-14(2)6-7-18-16(17-5)19-8-10-20(11-9-19)24(21,22)13-12-23-15(3)4;/h14-15H,6-13H2,1-5H3,(H,17,18);1H. The van der Waals surface area contributed by atoms with Gasteiger partial charge in [-0.05, 0) is 26.2 Å². The molecular formula is C16H35IN4O3S. The van der Waals surface area contributed by atoms with E-state index in [0.717, 1.165) is 18.9 Å². The number of nitrogens with zero attached hydrogens (tertiary/aromatic N) is 3. The van der Waals surface area contributed by atoms with Crippen LogP contribution in [0.5, 0.6) is 0 Å². The van der Waals surface area contributed by atoms with Gasteiger partial charge in [0.1, 0.15) is 0 Å². The lowest BCUT2D eigenvalue weighted by Gasteiger charge is -2.36. The summed E-state index contributed by atoms with van der Waals surface area (Å²) in [6.07, 6.45) is 1.14. The molecule has 0 aliphatic carbocycles. The van der Waals surface area contributed by atoms with E-state index in [1.165, 1.54) is 0 Å². The van der Waals surface area contributed by atoms with Crippen LogP contribution in [0.15, 0.2) is 4.99 Å². The summed E-state index contributed by atoms with van der Waals surface area (Å²) in [6, 6.07) is 0. The first-order chi connectivity index (χ1) is 11.3. The molecule has 7 nitrogen and oxygen atoms in total. The van der Waals surface area contributed by atoms with Gasteiger partial charge in [-0.25, -0.2) is 8.42 Å². The van der Waals surface area contributed by atoms with Crippen molar-refractivity contribution < 1.29 is 13.2 Å². The molecule has 150 valence electrons. The molecule has 0 unspecified atom stereocenters. The van der Waals surface area contributed by atoms with Gasteiger partial charge in [-0.3, -0.25) is 4.99 Å². The second-order valence-corrected chi connectivity index (χ2v) is 8.87. The highest BCUT2D eigenvalue weighted by Crippen LogP contribution is 2.09. The molecule has 0 aromatic rings. The Hall–Kier alpha value is -0.130. The molecule has 1 saturated heterocycles. The van der Waals surface area contributed by atoms with Gasteiger partial charge in [-0.2, -0.15) is 4.31 Å². The van der Waals surface area contributed by atoms with Crippen LogP contribution in [0.25, 0.3) is 0 Å². The topological polar surface area (TPSA) is 74.2 Å². The van der Waals surface area contributed by atoms with Gasteiger partial charge in [0.05, 0.1) is 18.5 Å². The van der Waals surface area contributed by atoms with Crippen molar-refractivity contribution in [3.05, 3.63) is 0 Å². The summed E-state index contributed by atoms with van der Waals surface area (Å²) in [5.74, 6) is 1.55. The zero-order valence-electron chi connectivity index (χ0n) is 16.2. The maximum absolute atomic E-state index is 12.3. The van der Waals surface area contributed by atoms with E-state index in [-0.39, 0.29) is 42.4 Å². The van der Waals surface area contributed by atoms with Crippen LogP contribution in [0.1, 0.15) is 34.1 Å². The van der Waals surface area contributed by atoms with Gasteiger partial charge in [0.15, 0.2) is 5.96 Å². The van der Waals surface area contributed by atoms with Crippen molar-refractivity contribution in [1.29, 1.82) is 0 Å². The van der Waals surface area contributed by atoms with Crippen LogP contribution < -0.4 is 5.32 Å². The molecule has 1 heterocycles. The number of rotatable bonds is 8. The Morgan fingerprint density at radius 1 is 1.16 bits per heavy atom. The first-order valence-corrected chi connectivity index (χ1v) is 10.4. The number of halogens is 1. The molecular weight excluding hydrogens is 455 g/mol. The Bertz CT molecular complexity index is 490. The van der Waals surface area contributed by atoms with E-state index >= 15 is 0 Å². The van der Waals surface area contributed by atoms with Gasteiger partial charge in [0.2, 0.25) is 10.0 Å². The van der Waals surface area contributed by atoms with Gasteiger partial charge in [-0.1, -0.05) is 13.8 Å². The Labute approximate surface area is 170 Å². The predicted molar refractivity (Wildman–Crippen MR) is 114 cm³/mol. The first-order valence-electron chi connectivity index (χ1n) is 8.81. The van der Waals surface area contributed by atoms with E-state index in [2.05, 4.69) is 29.1 Å². The molecule has 1 rings (SSSR count). The summed E-state index contributed by atoms with van der Waals surface area (Å²) in [4.78, 5) is 6.43. The van der Waals surface area contributed by atoms with E-state index in [1.54, 1.807) is 11.4 Å². The maximum atomic E-state index is 12.3. The second-order valence-electron chi connectivity index (χ2n) is 6.78. The lowest BCUT2D eigenvalue weighted by molar-refractivity contribution is 0.0904. The van der Waals surface area contributed by atoms with E-state index in [0.29, 0.717) is 32.1 Å². The number of hydrogen-bond donors (Lipinski definition) is 1. The average molecular weight is 490 g/mol. The number of ether oxygens (including phenoxy) is 1. The molecule has 1 aliphatic rings. The number of sulfonamides is 1. The normalized spacial score (nSPS) is 17.1. The molecule has 25 heavy (non-hydrogen) atoms. The largest absolute Gasteiger partial charge is 0.378 e. The first kappa shape index (κ1) is 24.9. The van der Waals surface area contributed by atoms with Gasteiger partial charge in [0.25, 0.3) is 0 Å². The quantitative estimate of drug-likeness (QED) is 0.318. The smallest absolute Gasteiger partial charge is 0.216 e. The van der Waals surface area contributed by atoms with Gasteiger partial charge >= 0.3 is 0 Å². The van der Waals surface area contributed by atoms with Crippen LogP contribution >= 0.6 is 24.0 Å². The summed E-state index contributed by atoms with van der Waals surface area (Å²) in [6.45, 7) is 11.6. The summed E-state index contributed by atoms with van der Waals surface area (Å²) in [5.41, 5.74) is 0. The SMILES string of the molecule is CN=C(NCCC(C)C)N1CCN(S(=O)(=O)CCOC(C)C)CC1.I. The highest BCUT2D eigenvalue weighted by Gasteiger charge is 2.27. The molecule has 0 amide bonds. The molecule has 1 aliphatic heterocycles. The van der Waals surface area contributed by atoms with Gasteiger partial charge in [-0.15, -0.1) is 24.0 Å². The summed E-state index contributed by atoms with van der Waals surface area (Å²) in [5, 5.41) is 3.36. The van der Waals surface area contributed by atoms with Crippen molar-refractivity contribution in [2.45, 2.75) is 40.2 Å². The minimum absolute atomic E-state index is 0. The summed E-state index contributed by atoms with van der Waals surface area (Å²) >= 11 is 0. The molecule has 0 bridgehead atoms. The van der Waals surface area contributed by atoms with Crippen molar-refractivity contribution in [2.75, 3.05) is 52.1 Å². The molecule has 9 heteroatoms. The molecule has 0 aromatic heterocycles. The van der Waals surface area contributed by atoms with E-state index in [9.17, 15) is 8.42 Å². The number of piperazine rings is 1. The minimum Gasteiger partial charge on any atom is -0.378 e. The van der Waals surface area contributed by atoms with Crippen LogP contribution in [0, 0.1) is 5.92 Å². The third-order valence-electron chi connectivity index (χ3n) is 3.94. The van der Waals surface area contributed by atoms with Crippen molar-refractivity contribution in [2.24, 2.45) is 10.9 Å². The van der Waals surface area contributed by atoms with Crippen molar-refractivity contribution in [3.63, 3.8) is 0 Å². The second kappa shape index (κ2) is 12.3. The van der Waals surface area contributed by atoms with E-state index in [4.69, 9.17) is 4.74 Å². The highest BCUT2D eigenvalue weighted by atomic mass is 127. The molecule has 0 atom stereocenters. The van der Waals surface area contributed by atoms with Crippen molar-refractivity contribution >= 4 is 40.0 Å². The Balaban J connectivity index is 0.00000576. The number of guanidine groups is 1. The fourth-order valence-corrected chi connectivity index (χ4v) is 3.79. The van der Waals surface area contributed by atoms with Crippen molar-refractivity contribution in [3.8, 4) is 0 Å². The van der Waals surface area contributed by atoms with Crippen LogP contribution in [0.2, 0.25) is 0 Å². The third kappa shape index (κ3) is 9.39. The van der Waals surface area contributed by atoms with Crippen molar-refractivity contribution in [1.82, 2.24) is 14.5 Å². The lowest BCUT2D eigenvalue weighted by atomic mass is 10.1. The van der Waals surface area contributed by atoms with E-state index < -0.39 is 10.0 Å². The van der Waals surface area contributed by atoms with Crippen LogP contribution in [-0.4, -0.2) is 81.8 Å². The summed E-state index contributed by atoms with van der Waals surface area (Å²) in [7, 11) is -1.47. The fourth-order valence-electron chi connectivity index (χ4n) is 2.50.